The molecule has 0 saturated carbocycles. The number of carbonyl (C=O) groups is 1. The molecule has 1 fully saturated rings. The number of rotatable bonds is 7. The molecular weight excluding hydrogens is 572 g/mol. The first kappa shape index (κ1) is 29.2. The predicted octanol–water partition coefficient (Wildman–Crippen LogP) is 5.65. The lowest BCUT2D eigenvalue weighted by atomic mass is 9.97. The van der Waals surface area contributed by atoms with Crippen molar-refractivity contribution in [3.8, 4) is 17.0 Å². The van der Waals surface area contributed by atoms with Crippen LogP contribution in [-0.2, 0) is 4.79 Å². The average Bonchev–Trinajstić information content (AvgIpc) is 3.41. The number of halogens is 2. The molecular formula is C31H35F2N7O2S. The van der Waals surface area contributed by atoms with Gasteiger partial charge in [0.1, 0.15) is 12.3 Å². The van der Waals surface area contributed by atoms with E-state index >= 15 is 4.39 Å². The van der Waals surface area contributed by atoms with Gasteiger partial charge in [-0.15, -0.1) is 11.3 Å². The summed E-state index contributed by atoms with van der Waals surface area (Å²) in [6, 6.07) is 8.93. The van der Waals surface area contributed by atoms with Crippen molar-refractivity contribution in [1.82, 2.24) is 24.8 Å². The number of thiazole rings is 1. The zero-order valence-electron chi connectivity index (χ0n) is 24.7. The van der Waals surface area contributed by atoms with E-state index in [1.54, 1.807) is 17.4 Å². The van der Waals surface area contributed by atoms with Crippen molar-refractivity contribution in [2.75, 3.05) is 57.1 Å². The summed E-state index contributed by atoms with van der Waals surface area (Å²) in [4.78, 5) is 31.8. The van der Waals surface area contributed by atoms with Crippen LogP contribution in [0.5, 0.6) is 5.75 Å². The fourth-order valence-electron chi connectivity index (χ4n) is 5.68. The normalized spacial score (nSPS) is 15.7. The molecule has 0 radical (unpaired) electrons. The van der Waals surface area contributed by atoms with Crippen LogP contribution in [0.4, 0.5) is 26.1 Å². The standard InChI is InChI=1S/C31H35F2N7O2S/c1-18(2)40-11-12-42-29-22(32)13-20(14-25(29)40)28-23(33)16-34-31(37-28)35-21-5-6-26-24(15-21)36-30(43-26)19-7-9-39(10-8-19)27(41)17-38(3)4/h5-6,13-16,18-19H,7-12,17H2,1-4H3,(H,34,35,37). The monoisotopic (exact) mass is 607 g/mol. The number of piperidine rings is 1. The van der Waals surface area contributed by atoms with Crippen molar-refractivity contribution in [2.45, 2.75) is 38.6 Å². The maximum atomic E-state index is 15.1. The van der Waals surface area contributed by atoms with E-state index in [1.165, 1.54) is 6.07 Å². The number of anilines is 3. The number of hydrogen-bond donors (Lipinski definition) is 1. The molecule has 226 valence electrons. The third-order valence-corrected chi connectivity index (χ3v) is 9.06. The number of nitrogens with zero attached hydrogens (tertiary/aromatic N) is 6. The minimum atomic E-state index is -0.646. The molecule has 4 aromatic rings. The van der Waals surface area contributed by atoms with Gasteiger partial charge in [-0.05, 0) is 71.1 Å². The number of carbonyl (C=O) groups excluding carboxylic acids is 1. The summed E-state index contributed by atoms with van der Waals surface area (Å²) in [7, 11) is 3.81. The van der Waals surface area contributed by atoms with Crippen molar-refractivity contribution in [2.24, 2.45) is 0 Å². The Bertz CT molecular complexity index is 1650. The quantitative estimate of drug-likeness (QED) is 0.289. The summed E-state index contributed by atoms with van der Waals surface area (Å²) >= 11 is 1.67. The number of aromatic nitrogens is 3. The van der Waals surface area contributed by atoms with Gasteiger partial charge in [0.15, 0.2) is 17.4 Å². The van der Waals surface area contributed by atoms with Crippen molar-refractivity contribution in [3.63, 3.8) is 0 Å². The van der Waals surface area contributed by atoms with E-state index in [4.69, 9.17) is 9.72 Å². The second-order valence-corrected chi connectivity index (χ2v) is 12.6. The number of amides is 1. The van der Waals surface area contributed by atoms with E-state index in [2.05, 4.69) is 15.3 Å². The summed E-state index contributed by atoms with van der Waals surface area (Å²) in [5.41, 5.74) is 2.45. The molecule has 12 heteroatoms. The molecule has 2 aliphatic heterocycles. The Kier molecular flexibility index (Phi) is 8.15. The fourth-order valence-corrected chi connectivity index (χ4v) is 6.79. The van der Waals surface area contributed by atoms with E-state index in [-0.39, 0.29) is 29.3 Å². The SMILES string of the molecule is CC(C)N1CCOc2c(F)cc(-c3nc(Nc4ccc5sc(C6CCN(C(=O)CN(C)C)CC6)nc5c4)ncc3F)cc21. The molecule has 0 atom stereocenters. The lowest BCUT2D eigenvalue weighted by Crippen LogP contribution is -2.42. The fraction of sp³-hybridized carbons (Fsp3) is 0.419. The number of fused-ring (bicyclic) bond motifs is 2. The molecule has 1 amide bonds. The van der Waals surface area contributed by atoms with Crippen LogP contribution >= 0.6 is 11.3 Å². The molecule has 1 N–H and O–H groups in total. The van der Waals surface area contributed by atoms with Crippen molar-refractivity contribution < 1.29 is 18.3 Å². The van der Waals surface area contributed by atoms with Gasteiger partial charge in [0, 0.05) is 36.3 Å². The highest BCUT2D eigenvalue weighted by atomic mass is 32.1. The van der Waals surface area contributed by atoms with E-state index in [1.807, 2.05) is 60.8 Å². The van der Waals surface area contributed by atoms with Crippen LogP contribution in [0.3, 0.4) is 0 Å². The largest absolute Gasteiger partial charge is 0.486 e. The van der Waals surface area contributed by atoms with Crippen LogP contribution in [0.15, 0.2) is 36.5 Å². The van der Waals surface area contributed by atoms with Gasteiger partial charge in [0.05, 0.1) is 40.2 Å². The number of benzene rings is 2. The van der Waals surface area contributed by atoms with Gasteiger partial charge in [-0.2, -0.15) is 0 Å². The molecule has 43 heavy (non-hydrogen) atoms. The number of likely N-dealkylation sites (N-methyl/N-ethyl adjacent to an activating group) is 1. The topological polar surface area (TPSA) is 86.7 Å². The van der Waals surface area contributed by atoms with Gasteiger partial charge in [-0.1, -0.05) is 0 Å². The number of ether oxygens (including phenoxy) is 1. The van der Waals surface area contributed by atoms with Gasteiger partial charge in [0.2, 0.25) is 11.9 Å². The summed E-state index contributed by atoms with van der Waals surface area (Å²) in [5.74, 6) is -0.355. The van der Waals surface area contributed by atoms with E-state index < -0.39 is 11.6 Å². The minimum Gasteiger partial charge on any atom is -0.486 e. The van der Waals surface area contributed by atoms with Gasteiger partial charge >= 0.3 is 0 Å². The Morgan fingerprint density at radius 2 is 1.91 bits per heavy atom. The van der Waals surface area contributed by atoms with Crippen LogP contribution in [0, 0.1) is 11.6 Å². The summed E-state index contributed by atoms with van der Waals surface area (Å²) in [5, 5.41) is 4.23. The van der Waals surface area contributed by atoms with Crippen molar-refractivity contribution >= 4 is 44.8 Å². The van der Waals surface area contributed by atoms with Crippen molar-refractivity contribution in [3.05, 3.63) is 53.2 Å². The Labute approximate surface area is 253 Å². The summed E-state index contributed by atoms with van der Waals surface area (Å²) < 4.78 is 36.7. The third-order valence-electron chi connectivity index (χ3n) is 7.86. The van der Waals surface area contributed by atoms with E-state index in [0.717, 1.165) is 47.4 Å². The number of hydrogen-bond acceptors (Lipinski definition) is 9. The van der Waals surface area contributed by atoms with E-state index in [9.17, 15) is 9.18 Å². The average molecular weight is 608 g/mol. The van der Waals surface area contributed by atoms with Gasteiger partial charge < -0.3 is 24.8 Å². The highest BCUT2D eigenvalue weighted by Crippen LogP contribution is 2.40. The lowest BCUT2D eigenvalue weighted by Gasteiger charge is -2.34. The van der Waals surface area contributed by atoms with Gasteiger partial charge in [-0.25, -0.2) is 23.7 Å². The number of nitrogens with one attached hydrogen (secondary N) is 1. The highest BCUT2D eigenvalue weighted by molar-refractivity contribution is 7.18. The molecule has 0 spiro atoms. The molecule has 2 aromatic carbocycles. The van der Waals surface area contributed by atoms with Crippen LogP contribution in [0.1, 0.15) is 37.6 Å². The second-order valence-electron chi connectivity index (χ2n) is 11.6. The molecule has 0 unspecified atom stereocenters. The van der Waals surface area contributed by atoms with E-state index in [0.29, 0.717) is 42.6 Å². The molecule has 4 heterocycles. The predicted molar refractivity (Wildman–Crippen MR) is 165 cm³/mol. The number of likely N-dealkylation sites (tertiary alicyclic amines) is 1. The lowest BCUT2D eigenvalue weighted by molar-refractivity contribution is -0.132. The molecule has 1 saturated heterocycles. The van der Waals surface area contributed by atoms with Crippen LogP contribution in [0.25, 0.3) is 21.5 Å². The van der Waals surface area contributed by atoms with Crippen LogP contribution in [0.2, 0.25) is 0 Å². The third kappa shape index (κ3) is 6.12. The van der Waals surface area contributed by atoms with Gasteiger partial charge in [-0.3, -0.25) is 4.79 Å². The molecule has 0 aliphatic carbocycles. The molecule has 2 aromatic heterocycles. The molecule has 9 nitrogen and oxygen atoms in total. The summed E-state index contributed by atoms with van der Waals surface area (Å²) in [6.07, 6.45) is 2.87. The Morgan fingerprint density at radius 3 is 2.65 bits per heavy atom. The second kappa shape index (κ2) is 12.0. The van der Waals surface area contributed by atoms with Gasteiger partial charge in [0.25, 0.3) is 0 Å². The highest BCUT2D eigenvalue weighted by Gasteiger charge is 2.27. The molecule has 2 aliphatic rings. The molecule has 0 bridgehead atoms. The van der Waals surface area contributed by atoms with Crippen LogP contribution in [-0.4, -0.2) is 83.6 Å². The van der Waals surface area contributed by atoms with Crippen molar-refractivity contribution in [1.29, 1.82) is 0 Å². The molecule has 6 rings (SSSR count). The maximum absolute atomic E-state index is 15.1. The summed E-state index contributed by atoms with van der Waals surface area (Å²) in [6.45, 7) is 6.95. The van der Waals surface area contributed by atoms with Crippen LogP contribution < -0.4 is 15.0 Å². The first-order valence-electron chi connectivity index (χ1n) is 14.5. The maximum Gasteiger partial charge on any atom is 0.236 e. The smallest absolute Gasteiger partial charge is 0.236 e. The minimum absolute atomic E-state index is 0.000841. The first-order chi connectivity index (χ1) is 20.7. The Hall–Kier alpha value is -3.90. The first-order valence-corrected chi connectivity index (χ1v) is 15.3. The zero-order valence-corrected chi connectivity index (χ0v) is 25.5. The Morgan fingerprint density at radius 1 is 1.12 bits per heavy atom. The Balaban J connectivity index is 1.20. The zero-order chi connectivity index (χ0) is 30.2.